The van der Waals surface area contributed by atoms with Crippen molar-refractivity contribution in [1.29, 1.82) is 0 Å². The molecule has 3 aliphatic rings. The highest BCUT2D eigenvalue weighted by Gasteiger charge is 2.37. The lowest BCUT2D eigenvalue weighted by Crippen LogP contribution is -2.56. The number of nitrogens with zero attached hydrogens (tertiary/aromatic N) is 3. The topological polar surface area (TPSA) is 60.9 Å². The number of sulfonamides is 1. The molecule has 1 unspecified atom stereocenters. The third-order valence-electron chi connectivity index (χ3n) is 6.96. The van der Waals surface area contributed by atoms with Gasteiger partial charge in [0.25, 0.3) is 5.91 Å². The van der Waals surface area contributed by atoms with E-state index >= 15 is 0 Å². The van der Waals surface area contributed by atoms with Crippen LogP contribution in [0.3, 0.4) is 0 Å². The highest BCUT2D eigenvalue weighted by atomic mass is 32.2. The van der Waals surface area contributed by atoms with Gasteiger partial charge in [-0.2, -0.15) is 4.31 Å². The highest BCUT2D eigenvalue weighted by Crippen LogP contribution is 2.30. The second-order valence-electron chi connectivity index (χ2n) is 9.20. The number of piperazine rings is 1. The molecule has 32 heavy (non-hydrogen) atoms. The van der Waals surface area contributed by atoms with Crippen molar-refractivity contribution < 1.29 is 13.2 Å². The summed E-state index contributed by atoms with van der Waals surface area (Å²) < 4.78 is 27.1. The van der Waals surface area contributed by atoms with E-state index in [1.54, 1.807) is 24.3 Å². The zero-order valence-corrected chi connectivity index (χ0v) is 19.2. The van der Waals surface area contributed by atoms with Crippen molar-refractivity contribution in [3.05, 3.63) is 65.7 Å². The summed E-state index contributed by atoms with van der Waals surface area (Å²) in [5.41, 5.74) is 1.79. The molecular weight excluding hydrogens is 422 g/mol. The molecule has 0 radical (unpaired) electrons. The van der Waals surface area contributed by atoms with E-state index in [1.807, 2.05) is 23.1 Å². The maximum atomic E-state index is 13.5. The molecule has 0 spiro atoms. The molecule has 6 nitrogen and oxygen atoms in total. The van der Waals surface area contributed by atoms with E-state index in [0.717, 1.165) is 32.4 Å². The number of hydrogen-bond donors (Lipinski definition) is 0. The Balaban J connectivity index is 1.34. The summed E-state index contributed by atoms with van der Waals surface area (Å²) in [5, 5.41) is 0. The molecule has 3 fully saturated rings. The van der Waals surface area contributed by atoms with Crippen LogP contribution in [-0.4, -0.2) is 73.2 Å². The Morgan fingerprint density at radius 1 is 0.875 bits per heavy atom. The SMILES string of the molecule is O=C(c1ccc(S(=O)(=O)N2CCCC2)cc1)N1CCN(C2CC2)CC1Cc1ccccc1. The van der Waals surface area contributed by atoms with Crippen molar-refractivity contribution in [3.8, 4) is 0 Å². The summed E-state index contributed by atoms with van der Waals surface area (Å²) in [6, 6.07) is 17.7. The average molecular weight is 454 g/mol. The fourth-order valence-electron chi connectivity index (χ4n) is 4.99. The minimum Gasteiger partial charge on any atom is -0.333 e. The molecule has 1 amide bonds. The molecule has 2 heterocycles. The Kier molecular flexibility index (Phi) is 6.05. The number of hydrogen-bond acceptors (Lipinski definition) is 4. The Bertz CT molecular complexity index is 1050. The molecule has 1 saturated carbocycles. The van der Waals surface area contributed by atoms with Crippen LogP contribution in [0.15, 0.2) is 59.5 Å². The highest BCUT2D eigenvalue weighted by molar-refractivity contribution is 7.89. The number of carbonyl (C=O) groups excluding carboxylic acids is 1. The van der Waals surface area contributed by atoms with Crippen LogP contribution in [0.5, 0.6) is 0 Å². The van der Waals surface area contributed by atoms with Gasteiger partial charge in [0, 0.05) is 50.4 Å². The molecule has 5 rings (SSSR count). The maximum Gasteiger partial charge on any atom is 0.254 e. The van der Waals surface area contributed by atoms with E-state index in [1.165, 1.54) is 22.7 Å². The van der Waals surface area contributed by atoms with E-state index < -0.39 is 10.0 Å². The van der Waals surface area contributed by atoms with Gasteiger partial charge in [-0.05, 0) is 61.9 Å². The largest absolute Gasteiger partial charge is 0.333 e. The van der Waals surface area contributed by atoms with Crippen molar-refractivity contribution in [2.75, 3.05) is 32.7 Å². The molecule has 1 atom stereocenters. The van der Waals surface area contributed by atoms with E-state index in [-0.39, 0.29) is 16.8 Å². The molecule has 1 aliphatic carbocycles. The van der Waals surface area contributed by atoms with Gasteiger partial charge >= 0.3 is 0 Å². The standard InChI is InChI=1S/C25H31N3O3S/c29-25(21-8-12-24(13-9-21)32(30,31)27-14-4-5-15-27)28-17-16-26(22-10-11-22)19-23(28)18-20-6-2-1-3-7-20/h1-3,6-9,12-13,22-23H,4-5,10-11,14-19H2. The summed E-state index contributed by atoms with van der Waals surface area (Å²) >= 11 is 0. The molecule has 2 aliphatic heterocycles. The minimum absolute atomic E-state index is 0.00787. The van der Waals surface area contributed by atoms with Gasteiger partial charge in [0.05, 0.1) is 4.90 Å². The van der Waals surface area contributed by atoms with Gasteiger partial charge in [-0.25, -0.2) is 8.42 Å². The van der Waals surface area contributed by atoms with Crippen molar-refractivity contribution >= 4 is 15.9 Å². The average Bonchev–Trinajstić information content (AvgIpc) is 3.52. The Morgan fingerprint density at radius 2 is 1.56 bits per heavy atom. The second kappa shape index (κ2) is 8.96. The van der Waals surface area contributed by atoms with Gasteiger partial charge in [-0.15, -0.1) is 0 Å². The summed E-state index contributed by atoms with van der Waals surface area (Å²) in [6.45, 7) is 3.67. The zero-order valence-electron chi connectivity index (χ0n) is 18.4. The lowest BCUT2D eigenvalue weighted by molar-refractivity contribution is 0.0437. The quantitative estimate of drug-likeness (QED) is 0.675. The predicted molar refractivity (Wildman–Crippen MR) is 124 cm³/mol. The van der Waals surface area contributed by atoms with Crippen LogP contribution in [0.1, 0.15) is 41.6 Å². The lowest BCUT2D eigenvalue weighted by Gasteiger charge is -2.42. The second-order valence-corrected chi connectivity index (χ2v) is 11.1. The molecule has 0 bridgehead atoms. The number of rotatable bonds is 6. The molecular formula is C25H31N3O3S. The van der Waals surface area contributed by atoms with Crippen LogP contribution in [0.4, 0.5) is 0 Å². The molecule has 2 saturated heterocycles. The minimum atomic E-state index is -3.47. The van der Waals surface area contributed by atoms with Gasteiger partial charge in [0.15, 0.2) is 0 Å². The monoisotopic (exact) mass is 453 g/mol. The van der Waals surface area contributed by atoms with Crippen molar-refractivity contribution in [3.63, 3.8) is 0 Å². The summed E-state index contributed by atoms with van der Waals surface area (Å²) in [5.74, 6) is -0.00787. The van der Waals surface area contributed by atoms with Crippen molar-refractivity contribution in [1.82, 2.24) is 14.1 Å². The predicted octanol–water partition coefficient (Wildman–Crippen LogP) is 3.00. The normalized spacial score (nSPS) is 22.9. The first kappa shape index (κ1) is 21.6. The summed E-state index contributed by atoms with van der Waals surface area (Å²) in [7, 11) is -3.47. The molecule has 7 heteroatoms. The number of amides is 1. The molecule has 170 valence electrons. The van der Waals surface area contributed by atoms with Gasteiger partial charge in [-0.3, -0.25) is 9.69 Å². The first-order chi connectivity index (χ1) is 15.5. The zero-order chi connectivity index (χ0) is 22.1. The Morgan fingerprint density at radius 3 is 2.22 bits per heavy atom. The Hall–Kier alpha value is -2.22. The van der Waals surface area contributed by atoms with E-state index in [2.05, 4.69) is 17.0 Å². The third kappa shape index (κ3) is 4.47. The van der Waals surface area contributed by atoms with E-state index in [4.69, 9.17) is 0 Å². The molecule has 2 aromatic carbocycles. The van der Waals surface area contributed by atoms with Crippen LogP contribution in [0, 0.1) is 0 Å². The van der Waals surface area contributed by atoms with Gasteiger partial charge in [0.1, 0.15) is 0 Å². The van der Waals surface area contributed by atoms with Crippen LogP contribution in [0.25, 0.3) is 0 Å². The molecule has 0 N–H and O–H groups in total. The smallest absolute Gasteiger partial charge is 0.254 e. The van der Waals surface area contributed by atoms with Gasteiger partial charge < -0.3 is 4.90 Å². The first-order valence-corrected chi connectivity index (χ1v) is 13.2. The van der Waals surface area contributed by atoms with E-state index in [0.29, 0.717) is 31.2 Å². The van der Waals surface area contributed by atoms with Crippen LogP contribution >= 0.6 is 0 Å². The van der Waals surface area contributed by atoms with Crippen LogP contribution in [0.2, 0.25) is 0 Å². The third-order valence-corrected chi connectivity index (χ3v) is 8.87. The maximum absolute atomic E-state index is 13.5. The number of benzene rings is 2. The fraction of sp³-hybridized carbons (Fsp3) is 0.480. The van der Waals surface area contributed by atoms with Crippen molar-refractivity contribution in [2.24, 2.45) is 0 Å². The van der Waals surface area contributed by atoms with E-state index in [9.17, 15) is 13.2 Å². The van der Waals surface area contributed by atoms with Gasteiger partial charge in [-0.1, -0.05) is 30.3 Å². The first-order valence-electron chi connectivity index (χ1n) is 11.7. The van der Waals surface area contributed by atoms with Crippen LogP contribution in [-0.2, 0) is 16.4 Å². The van der Waals surface area contributed by atoms with Gasteiger partial charge in [0.2, 0.25) is 10.0 Å². The number of carbonyl (C=O) groups is 1. The fourth-order valence-corrected chi connectivity index (χ4v) is 6.51. The Labute approximate surface area is 190 Å². The summed E-state index contributed by atoms with van der Waals surface area (Å²) in [4.78, 5) is 18.3. The van der Waals surface area contributed by atoms with Crippen LogP contribution < -0.4 is 0 Å². The van der Waals surface area contributed by atoms with Crippen molar-refractivity contribution in [2.45, 2.75) is 49.1 Å². The lowest BCUT2D eigenvalue weighted by atomic mass is 10.0. The summed E-state index contributed by atoms with van der Waals surface area (Å²) in [6.07, 6.45) is 5.17. The molecule has 0 aromatic heterocycles. The molecule has 2 aromatic rings.